The number of benzene rings is 3. The van der Waals surface area contributed by atoms with Crippen molar-refractivity contribution in [3.05, 3.63) is 77.8 Å². The van der Waals surface area contributed by atoms with Gasteiger partial charge >= 0.3 is 6.03 Å². The molecule has 1 unspecified atom stereocenters. The summed E-state index contributed by atoms with van der Waals surface area (Å²) in [6, 6.07) is 19.1. The fourth-order valence-corrected chi connectivity index (χ4v) is 4.56. The first-order valence-electron chi connectivity index (χ1n) is 11.2. The van der Waals surface area contributed by atoms with Gasteiger partial charge in [0.25, 0.3) is 0 Å². The Kier molecular flexibility index (Phi) is 8.89. The van der Waals surface area contributed by atoms with E-state index in [-0.39, 0.29) is 10.8 Å². The number of halogens is 1. The zero-order chi connectivity index (χ0) is 25.4. The molecule has 7 nitrogen and oxygen atoms in total. The van der Waals surface area contributed by atoms with E-state index in [2.05, 4.69) is 16.0 Å². The average molecular weight is 514 g/mol. The van der Waals surface area contributed by atoms with Gasteiger partial charge in [0.2, 0.25) is 5.91 Å². The predicted octanol–water partition coefficient (Wildman–Crippen LogP) is 5.73. The second-order valence-corrected chi connectivity index (χ2v) is 10.6. The van der Waals surface area contributed by atoms with Crippen LogP contribution in [0.4, 0.5) is 16.2 Å². The van der Waals surface area contributed by atoms with Crippen LogP contribution in [-0.4, -0.2) is 32.7 Å². The van der Waals surface area contributed by atoms with Gasteiger partial charge in [-0.1, -0.05) is 61.7 Å². The van der Waals surface area contributed by atoms with Crippen molar-refractivity contribution in [1.82, 2.24) is 5.32 Å². The fraction of sp³-hybridized carbons (Fsp3) is 0.231. The predicted molar refractivity (Wildman–Crippen MR) is 141 cm³/mol. The minimum atomic E-state index is -3.39. The van der Waals surface area contributed by atoms with Gasteiger partial charge in [0.05, 0.1) is 4.90 Å². The summed E-state index contributed by atoms with van der Waals surface area (Å²) in [7, 11) is -3.39. The number of rotatable bonds is 9. The van der Waals surface area contributed by atoms with Gasteiger partial charge in [0.1, 0.15) is 6.04 Å². The largest absolute Gasteiger partial charge is 0.326 e. The zero-order valence-electron chi connectivity index (χ0n) is 19.5. The number of hydrogen-bond donors (Lipinski definition) is 3. The van der Waals surface area contributed by atoms with Crippen LogP contribution in [0.1, 0.15) is 26.2 Å². The summed E-state index contributed by atoms with van der Waals surface area (Å²) >= 11 is 5.87. The topological polar surface area (TPSA) is 104 Å². The second kappa shape index (κ2) is 11.9. The second-order valence-electron chi connectivity index (χ2n) is 8.14. The van der Waals surface area contributed by atoms with E-state index in [1.807, 2.05) is 6.92 Å². The highest BCUT2D eigenvalue weighted by molar-refractivity contribution is 7.90. The van der Waals surface area contributed by atoms with E-state index in [0.717, 1.165) is 12.8 Å². The van der Waals surface area contributed by atoms with Crippen molar-refractivity contribution in [3.63, 3.8) is 0 Å². The molecular formula is C26H28ClN3O4S. The number of urea groups is 1. The molecule has 184 valence electrons. The lowest BCUT2D eigenvalue weighted by atomic mass is 10.1. The van der Waals surface area contributed by atoms with E-state index in [9.17, 15) is 18.0 Å². The number of hydrogen-bond acceptors (Lipinski definition) is 4. The smallest absolute Gasteiger partial charge is 0.319 e. The van der Waals surface area contributed by atoms with Crippen molar-refractivity contribution in [2.75, 3.05) is 16.9 Å². The van der Waals surface area contributed by atoms with Gasteiger partial charge in [-0.25, -0.2) is 13.2 Å². The van der Waals surface area contributed by atoms with E-state index in [4.69, 9.17) is 11.6 Å². The van der Waals surface area contributed by atoms with Gasteiger partial charge in [0.15, 0.2) is 9.84 Å². The van der Waals surface area contributed by atoms with Crippen molar-refractivity contribution in [1.29, 1.82) is 0 Å². The molecule has 0 radical (unpaired) electrons. The molecule has 3 aromatic carbocycles. The Morgan fingerprint density at radius 2 is 1.49 bits per heavy atom. The molecule has 3 aromatic rings. The third kappa shape index (κ3) is 7.56. The lowest BCUT2D eigenvalue weighted by Crippen LogP contribution is -2.45. The maximum atomic E-state index is 12.9. The summed E-state index contributed by atoms with van der Waals surface area (Å²) < 4.78 is 24.2. The average Bonchev–Trinajstić information content (AvgIpc) is 2.83. The summed E-state index contributed by atoms with van der Waals surface area (Å²) in [5.41, 5.74) is 2.41. The molecule has 0 aliphatic heterocycles. The third-order valence-electron chi connectivity index (χ3n) is 5.32. The molecule has 0 bridgehead atoms. The summed E-state index contributed by atoms with van der Waals surface area (Å²) in [6.45, 7) is 2.01. The molecule has 0 saturated carbocycles. The minimum Gasteiger partial charge on any atom is -0.326 e. The molecule has 0 fully saturated rings. The van der Waals surface area contributed by atoms with Gasteiger partial charge in [-0.05, 0) is 54.4 Å². The minimum absolute atomic E-state index is 0.243. The third-order valence-corrected chi connectivity index (χ3v) is 6.73. The van der Waals surface area contributed by atoms with Crippen molar-refractivity contribution in [3.8, 4) is 11.1 Å². The van der Waals surface area contributed by atoms with Crippen LogP contribution in [0.25, 0.3) is 11.1 Å². The molecule has 0 heterocycles. The Morgan fingerprint density at radius 3 is 2.11 bits per heavy atom. The molecule has 1 atom stereocenters. The molecule has 35 heavy (non-hydrogen) atoms. The summed E-state index contributed by atoms with van der Waals surface area (Å²) in [4.78, 5) is 25.6. The fourth-order valence-electron chi connectivity index (χ4n) is 3.53. The van der Waals surface area contributed by atoms with E-state index >= 15 is 0 Å². The van der Waals surface area contributed by atoms with E-state index in [0.29, 0.717) is 33.9 Å². The molecule has 0 aromatic heterocycles. The van der Waals surface area contributed by atoms with Gasteiger partial charge in [-0.15, -0.1) is 0 Å². The highest BCUT2D eigenvalue weighted by Gasteiger charge is 2.21. The van der Waals surface area contributed by atoms with Gasteiger partial charge in [-0.3, -0.25) is 4.79 Å². The number of carbonyl (C=O) groups excluding carboxylic acids is 2. The van der Waals surface area contributed by atoms with Gasteiger partial charge < -0.3 is 16.0 Å². The molecule has 3 rings (SSSR count). The van der Waals surface area contributed by atoms with Gasteiger partial charge in [0, 0.05) is 28.2 Å². The molecular weight excluding hydrogens is 486 g/mol. The van der Waals surface area contributed by atoms with Crippen molar-refractivity contribution in [2.45, 2.75) is 37.1 Å². The van der Waals surface area contributed by atoms with E-state index in [1.165, 1.54) is 6.26 Å². The summed E-state index contributed by atoms with van der Waals surface area (Å²) in [5.74, 6) is -0.339. The van der Waals surface area contributed by atoms with E-state index in [1.54, 1.807) is 72.8 Å². The number of sulfone groups is 1. The van der Waals surface area contributed by atoms with Crippen LogP contribution in [0.3, 0.4) is 0 Å². The monoisotopic (exact) mass is 513 g/mol. The Labute approximate surface area is 210 Å². The summed E-state index contributed by atoms with van der Waals surface area (Å²) in [5, 5.41) is 8.83. The van der Waals surface area contributed by atoms with Gasteiger partial charge in [-0.2, -0.15) is 0 Å². The first-order chi connectivity index (χ1) is 16.7. The number of amides is 3. The van der Waals surface area contributed by atoms with Crippen LogP contribution < -0.4 is 16.0 Å². The van der Waals surface area contributed by atoms with Crippen LogP contribution in [0.5, 0.6) is 0 Å². The number of carbonyl (C=O) groups is 2. The number of unbranched alkanes of at least 4 members (excludes halogenated alkanes) is 1. The Hall–Kier alpha value is -3.36. The number of nitrogens with one attached hydrogen (secondary N) is 3. The highest BCUT2D eigenvalue weighted by atomic mass is 35.5. The maximum Gasteiger partial charge on any atom is 0.319 e. The molecule has 0 saturated heterocycles. The Balaban J connectivity index is 1.69. The molecule has 3 N–H and O–H groups in total. The van der Waals surface area contributed by atoms with Crippen LogP contribution >= 0.6 is 11.6 Å². The maximum absolute atomic E-state index is 12.9. The van der Waals surface area contributed by atoms with Crippen LogP contribution in [-0.2, 0) is 14.6 Å². The molecule has 9 heteroatoms. The van der Waals surface area contributed by atoms with Crippen LogP contribution in [0.2, 0.25) is 5.02 Å². The van der Waals surface area contributed by atoms with E-state index < -0.39 is 21.9 Å². The highest BCUT2D eigenvalue weighted by Crippen LogP contribution is 2.28. The molecule has 0 spiro atoms. The lowest BCUT2D eigenvalue weighted by molar-refractivity contribution is -0.118. The zero-order valence-corrected chi connectivity index (χ0v) is 21.1. The van der Waals surface area contributed by atoms with Crippen molar-refractivity contribution in [2.24, 2.45) is 0 Å². The Bertz CT molecular complexity index is 1280. The lowest BCUT2D eigenvalue weighted by Gasteiger charge is -2.19. The first-order valence-corrected chi connectivity index (χ1v) is 13.5. The normalized spacial score (nSPS) is 12.0. The quantitative estimate of drug-likeness (QED) is 0.340. The van der Waals surface area contributed by atoms with Crippen molar-refractivity contribution < 1.29 is 18.0 Å². The number of anilines is 2. The van der Waals surface area contributed by atoms with Crippen LogP contribution in [0.15, 0.2) is 77.7 Å². The summed E-state index contributed by atoms with van der Waals surface area (Å²) in [6.07, 6.45) is 3.29. The molecule has 0 aliphatic carbocycles. The standard InChI is InChI=1S/C26H28ClN3O4S/c1-3-4-8-23(30-26(32)29-21-16-12-19(27)13-17-21)25(31)28-20-14-10-18(11-15-20)22-7-5-6-9-24(22)35(2,33)34/h5-7,9-17,23H,3-4,8H2,1-2H3,(H,28,31)(H2,29,30,32). The molecule has 3 amide bonds. The van der Waals surface area contributed by atoms with Crippen LogP contribution in [0, 0.1) is 0 Å². The molecule has 0 aliphatic rings. The first kappa shape index (κ1) is 26.2. The van der Waals surface area contributed by atoms with Crippen molar-refractivity contribution >= 4 is 44.8 Å². The SMILES string of the molecule is CCCCC(NC(=O)Nc1ccc(Cl)cc1)C(=O)Nc1ccc(-c2ccccc2S(C)(=O)=O)cc1. The Morgan fingerprint density at radius 1 is 0.886 bits per heavy atom.